The zero-order valence-corrected chi connectivity index (χ0v) is 18.8. The third-order valence-electron chi connectivity index (χ3n) is 6.05. The third kappa shape index (κ3) is 5.21. The van der Waals surface area contributed by atoms with Gasteiger partial charge in [-0.2, -0.15) is 5.10 Å². The molecule has 1 N–H and O–H groups in total. The highest BCUT2D eigenvalue weighted by atomic mass is 16.5. The van der Waals surface area contributed by atoms with Crippen molar-refractivity contribution < 1.29 is 19.1 Å². The van der Waals surface area contributed by atoms with Crippen LogP contribution in [0.15, 0.2) is 18.3 Å². The maximum absolute atomic E-state index is 12.7. The molecule has 0 aliphatic heterocycles. The van der Waals surface area contributed by atoms with Gasteiger partial charge in [-0.05, 0) is 45.1 Å². The lowest BCUT2D eigenvalue weighted by Gasteiger charge is -2.35. The zero-order chi connectivity index (χ0) is 22.5. The number of carbonyl (C=O) groups excluding carboxylic acids is 2. The van der Waals surface area contributed by atoms with Gasteiger partial charge in [0, 0.05) is 12.1 Å². The Balaban J connectivity index is 1.63. The van der Waals surface area contributed by atoms with Gasteiger partial charge < -0.3 is 14.8 Å². The van der Waals surface area contributed by atoms with Crippen LogP contribution in [0.25, 0.3) is 5.82 Å². The van der Waals surface area contributed by atoms with E-state index in [1.807, 2.05) is 6.92 Å². The minimum Gasteiger partial charge on any atom is -0.477 e. The monoisotopic (exact) mass is 429 g/mol. The molecule has 4 atom stereocenters. The molecule has 168 valence electrons. The minimum absolute atomic E-state index is 0.111. The van der Waals surface area contributed by atoms with Gasteiger partial charge in [-0.15, -0.1) is 10.2 Å². The first-order valence-corrected chi connectivity index (χ1v) is 10.8. The number of hydrogen-bond donors (Lipinski definition) is 1. The molecule has 1 saturated carbocycles. The lowest BCUT2D eigenvalue weighted by Crippen LogP contribution is -2.47. The van der Waals surface area contributed by atoms with Crippen LogP contribution >= 0.6 is 0 Å². The molecular formula is C22H31N5O4. The normalized spacial score (nSPS) is 21.9. The molecule has 31 heavy (non-hydrogen) atoms. The van der Waals surface area contributed by atoms with Crippen molar-refractivity contribution in [3.63, 3.8) is 0 Å². The van der Waals surface area contributed by atoms with Crippen LogP contribution in [-0.4, -0.2) is 50.6 Å². The summed E-state index contributed by atoms with van der Waals surface area (Å²) in [4.78, 5) is 25.2. The van der Waals surface area contributed by atoms with Crippen molar-refractivity contribution in [1.82, 2.24) is 25.3 Å². The molecule has 2 heterocycles. The van der Waals surface area contributed by atoms with Crippen molar-refractivity contribution in [1.29, 1.82) is 0 Å². The second-order valence-electron chi connectivity index (χ2n) is 8.15. The Kier molecular flexibility index (Phi) is 7.25. The number of nitrogens with one attached hydrogen (secondary N) is 1. The largest absolute Gasteiger partial charge is 0.477 e. The first kappa shape index (κ1) is 22.7. The summed E-state index contributed by atoms with van der Waals surface area (Å²) in [5.41, 5.74) is 0.820. The van der Waals surface area contributed by atoms with Gasteiger partial charge in [0.15, 0.2) is 11.9 Å². The second-order valence-corrected chi connectivity index (χ2v) is 8.15. The minimum atomic E-state index is -0.898. The van der Waals surface area contributed by atoms with E-state index >= 15 is 0 Å². The Morgan fingerprint density at radius 1 is 1.26 bits per heavy atom. The number of ether oxygens (including phenoxy) is 2. The number of amides is 1. The molecule has 0 saturated heterocycles. The summed E-state index contributed by atoms with van der Waals surface area (Å²) >= 11 is 0. The molecule has 9 nitrogen and oxygen atoms in total. The van der Waals surface area contributed by atoms with Gasteiger partial charge >= 0.3 is 5.97 Å². The summed E-state index contributed by atoms with van der Waals surface area (Å²) in [6.07, 6.45) is 3.74. The van der Waals surface area contributed by atoms with Crippen LogP contribution in [-0.2, 0) is 9.53 Å². The summed E-state index contributed by atoms with van der Waals surface area (Å²) in [7, 11) is 0. The molecule has 0 radical (unpaired) electrons. The molecule has 0 aromatic carbocycles. The van der Waals surface area contributed by atoms with Crippen LogP contribution in [0.5, 0.6) is 5.88 Å². The molecule has 0 spiro atoms. The Bertz CT molecular complexity index is 911. The number of rotatable bonds is 7. The van der Waals surface area contributed by atoms with E-state index in [2.05, 4.69) is 34.5 Å². The van der Waals surface area contributed by atoms with Gasteiger partial charge in [-0.1, -0.05) is 26.7 Å². The maximum Gasteiger partial charge on any atom is 0.342 e. The fourth-order valence-electron chi connectivity index (χ4n) is 3.86. The fraction of sp³-hybridized carbons (Fsp3) is 0.591. The van der Waals surface area contributed by atoms with Crippen LogP contribution in [0.3, 0.4) is 0 Å². The average molecular weight is 430 g/mol. The molecular weight excluding hydrogens is 398 g/mol. The van der Waals surface area contributed by atoms with E-state index in [4.69, 9.17) is 9.47 Å². The van der Waals surface area contributed by atoms with Gasteiger partial charge in [-0.25, -0.2) is 9.48 Å². The average Bonchev–Trinajstić information content (AvgIpc) is 3.13. The Morgan fingerprint density at radius 3 is 2.71 bits per heavy atom. The molecule has 1 fully saturated rings. The summed E-state index contributed by atoms with van der Waals surface area (Å²) in [5.74, 6) is 0.952. The summed E-state index contributed by atoms with van der Waals surface area (Å²) < 4.78 is 12.2. The van der Waals surface area contributed by atoms with E-state index in [1.165, 1.54) is 17.3 Å². The molecule has 0 bridgehead atoms. The van der Waals surface area contributed by atoms with Crippen molar-refractivity contribution in [3.05, 3.63) is 29.6 Å². The predicted molar refractivity (Wildman–Crippen MR) is 114 cm³/mol. The lowest BCUT2D eigenvalue weighted by molar-refractivity contribution is -0.130. The highest BCUT2D eigenvalue weighted by molar-refractivity contribution is 5.93. The van der Waals surface area contributed by atoms with Crippen molar-refractivity contribution in [2.75, 3.05) is 6.61 Å². The predicted octanol–water partition coefficient (Wildman–Crippen LogP) is 2.86. The second kappa shape index (κ2) is 9.89. The fourth-order valence-corrected chi connectivity index (χ4v) is 3.86. The van der Waals surface area contributed by atoms with Crippen molar-refractivity contribution in [3.8, 4) is 11.7 Å². The number of esters is 1. The van der Waals surface area contributed by atoms with Gasteiger partial charge in [0.25, 0.3) is 5.91 Å². The molecule has 1 aliphatic rings. The van der Waals surface area contributed by atoms with Crippen LogP contribution in [0.2, 0.25) is 0 Å². The molecule has 2 aromatic rings. The van der Waals surface area contributed by atoms with Crippen molar-refractivity contribution in [2.24, 2.45) is 11.8 Å². The van der Waals surface area contributed by atoms with E-state index in [9.17, 15) is 9.59 Å². The van der Waals surface area contributed by atoms with Crippen molar-refractivity contribution in [2.45, 2.75) is 66.0 Å². The molecule has 1 aliphatic carbocycles. The van der Waals surface area contributed by atoms with E-state index < -0.39 is 12.1 Å². The number of carbonyl (C=O) groups is 2. The lowest BCUT2D eigenvalue weighted by atomic mass is 9.78. The van der Waals surface area contributed by atoms with E-state index in [1.54, 1.807) is 26.0 Å². The number of aromatic nitrogens is 4. The van der Waals surface area contributed by atoms with Crippen LogP contribution in [0.4, 0.5) is 0 Å². The quantitative estimate of drug-likeness (QED) is 0.674. The van der Waals surface area contributed by atoms with Crippen LogP contribution in [0, 0.1) is 18.8 Å². The summed E-state index contributed by atoms with van der Waals surface area (Å²) in [6.45, 7) is 10.0. The highest BCUT2D eigenvalue weighted by Gasteiger charge is 2.30. The SMILES string of the molecule is CCOc1ccc(-n2ncc(C(=O)O[C@H](C)C(=O)N[C@@H]3CCC[C@@H](C)[C@H]3C)c2C)nn1. The van der Waals surface area contributed by atoms with Crippen LogP contribution in [0.1, 0.15) is 63.0 Å². The van der Waals surface area contributed by atoms with Gasteiger partial charge in [-0.3, -0.25) is 4.79 Å². The van der Waals surface area contributed by atoms with Crippen LogP contribution < -0.4 is 10.1 Å². The first-order valence-electron chi connectivity index (χ1n) is 10.8. The summed E-state index contributed by atoms with van der Waals surface area (Å²) in [6, 6.07) is 3.50. The van der Waals surface area contributed by atoms with Gasteiger partial charge in [0.05, 0.1) is 18.5 Å². The molecule has 0 unspecified atom stereocenters. The highest BCUT2D eigenvalue weighted by Crippen LogP contribution is 2.29. The Morgan fingerprint density at radius 2 is 2.03 bits per heavy atom. The Hall–Kier alpha value is -2.97. The van der Waals surface area contributed by atoms with E-state index in [-0.39, 0.29) is 17.5 Å². The number of hydrogen-bond acceptors (Lipinski definition) is 7. The maximum atomic E-state index is 12.7. The Labute approximate surface area is 182 Å². The van der Waals surface area contributed by atoms with Crippen molar-refractivity contribution >= 4 is 11.9 Å². The standard InChI is InChI=1S/C22H31N5O4/c1-6-30-20-11-10-19(25-26-20)27-15(4)17(12-23-27)22(29)31-16(5)21(28)24-18-9-7-8-13(2)14(18)3/h10-14,16,18H,6-9H2,1-5H3,(H,24,28)/t13-,14-,16-,18-/m1/s1. The molecule has 2 aromatic heterocycles. The molecule has 3 rings (SSSR count). The van der Waals surface area contributed by atoms with Gasteiger partial charge in [0.1, 0.15) is 5.56 Å². The third-order valence-corrected chi connectivity index (χ3v) is 6.05. The van der Waals surface area contributed by atoms with E-state index in [0.29, 0.717) is 35.8 Å². The zero-order valence-electron chi connectivity index (χ0n) is 18.8. The number of nitrogens with zero attached hydrogens (tertiary/aromatic N) is 4. The van der Waals surface area contributed by atoms with Gasteiger partial charge in [0.2, 0.25) is 5.88 Å². The first-order chi connectivity index (χ1) is 14.8. The smallest absolute Gasteiger partial charge is 0.342 e. The molecule has 9 heteroatoms. The molecule has 1 amide bonds. The van der Waals surface area contributed by atoms with E-state index in [0.717, 1.165) is 12.8 Å². The topological polar surface area (TPSA) is 108 Å². The summed E-state index contributed by atoms with van der Waals surface area (Å²) in [5, 5.41) is 15.3.